The topological polar surface area (TPSA) is 0 Å². The molecule has 0 aliphatic carbocycles. The lowest BCUT2D eigenvalue weighted by atomic mass is 9.92. The average molecular weight is 176 g/mol. The van der Waals surface area contributed by atoms with Crippen LogP contribution < -0.4 is 0 Å². The number of rotatable bonds is 2. The third-order valence-corrected chi connectivity index (χ3v) is 2.73. The molecule has 0 saturated heterocycles. The lowest BCUT2D eigenvalue weighted by molar-refractivity contribution is 0.851. The summed E-state index contributed by atoms with van der Waals surface area (Å²) in [5.41, 5.74) is 5.87. The van der Waals surface area contributed by atoms with Gasteiger partial charge in [0.05, 0.1) is 0 Å². The first-order valence-corrected chi connectivity index (χ1v) is 5.16. The molecule has 0 heteroatoms. The van der Waals surface area contributed by atoms with Crippen LogP contribution in [0.3, 0.4) is 0 Å². The molecule has 0 nitrogen and oxygen atoms in total. The predicted octanol–water partition coefficient (Wildman–Crippen LogP) is 3.99. The Hall–Kier alpha value is -0.780. The van der Waals surface area contributed by atoms with Crippen LogP contribution in [-0.4, -0.2) is 0 Å². The summed E-state index contributed by atoms with van der Waals surface area (Å²) in [5, 5.41) is 0. The largest absolute Gasteiger partial charge is 0.0613 e. The van der Waals surface area contributed by atoms with Gasteiger partial charge < -0.3 is 0 Å². The van der Waals surface area contributed by atoms with Gasteiger partial charge in [-0.2, -0.15) is 0 Å². The quantitative estimate of drug-likeness (QED) is 0.639. The van der Waals surface area contributed by atoms with E-state index in [1.165, 1.54) is 22.3 Å². The van der Waals surface area contributed by atoms with Gasteiger partial charge in [-0.05, 0) is 48.4 Å². The number of hydrogen-bond acceptors (Lipinski definition) is 0. The molecule has 0 aromatic heterocycles. The lowest BCUT2D eigenvalue weighted by Crippen LogP contribution is -1.96. The zero-order valence-electron chi connectivity index (χ0n) is 9.44. The summed E-state index contributed by atoms with van der Waals surface area (Å²) in [5.74, 6) is 0.643. The molecular formula is C13H20. The highest BCUT2D eigenvalue weighted by molar-refractivity contribution is 5.38. The minimum absolute atomic E-state index is 0.643. The maximum atomic E-state index is 2.35. The Kier molecular flexibility index (Phi) is 3.13. The first kappa shape index (κ1) is 10.3. The fourth-order valence-electron chi connectivity index (χ4n) is 1.90. The van der Waals surface area contributed by atoms with Crippen LogP contribution in [0.5, 0.6) is 0 Å². The first-order chi connectivity index (χ1) is 6.06. The Balaban J connectivity index is 3.20. The number of benzene rings is 1. The van der Waals surface area contributed by atoms with Crippen LogP contribution in [0.2, 0.25) is 0 Å². The van der Waals surface area contributed by atoms with E-state index < -0.39 is 0 Å². The van der Waals surface area contributed by atoms with Gasteiger partial charge in [0.15, 0.2) is 0 Å². The second-order valence-corrected chi connectivity index (χ2v) is 4.14. The van der Waals surface area contributed by atoms with Crippen molar-refractivity contribution in [3.8, 4) is 0 Å². The summed E-state index contributed by atoms with van der Waals surface area (Å²) in [6, 6.07) is 4.68. The van der Waals surface area contributed by atoms with Gasteiger partial charge in [0.2, 0.25) is 0 Å². The molecule has 13 heavy (non-hydrogen) atoms. The van der Waals surface area contributed by atoms with Crippen molar-refractivity contribution >= 4 is 0 Å². The highest BCUT2D eigenvalue weighted by Gasteiger charge is 2.05. The van der Waals surface area contributed by atoms with Gasteiger partial charge in [-0.1, -0.05) is 32.9 Å². The fraction of sp³-hybridized carbons (Fsp3) is 0.538. The minimum Gasteiger partial charge on any atom is -0.0613 e. The van der Waals surface area contributed by atoms with Gasteiger partial charge in [0, 0.05) is 0 Å². The molecule has 0 aliphatic heterocycles. The van der Waals surface area contributed by atoms with Crippen molar-refractivity contribution in [3.63, 3.8) is 0 Å². The van der Waals surface area contributed by atoms with E-state index >= 15 is 0 Å². The second-order valence-electron chi connectivity index (χ2n) is 4.14. The lowest BCUT2D eigenvalue weighted by Gasteiger charge is -2.13. The number of aryl methyl sites for hydroxylation is 3. The molecule has 0 radical (unpaired) electrons. The molecule has 72 valence electrons. The van der Waals surface area contributed by atoms with Crippen molar-refractivity contribution in [2.45, 2.75) is 47.0 Å². The molecule has 1 aromatic rings. The van der Waals surface area contributed by atoms with Gasteiger partial charge >= 0.3 is 0 Å². The Morgan fingerprint density at radius 1 is 1.08 bits per heavy atom. The zero-order valence-corrected chi connectivity index (χ0v) is 9.44. The zero-order chi connectivity index (χ0) is 10.0. The Morgan fingerprint density at radius 2 is 1.69 bits per heavy atom. The third-order valence-electron chi connectivity index (χ3n) is 2.73. The predicted molar refractivity (Wildman–Crippen MR) is 59.4 cm³/mol. The summed E-state index contributed by atoms with van der Waals surface area (Å²) in [7, 11) is 0. The highest BCUT2D eigenvalue weighted by atomic mass is 14.1. The molecule has 0 atom stereocenters. The van der Waals surface area contributed by atoms with Crippen molar-refractivity contribution in [1.29, 1.82) is 0 Å². The van der Waals surface area contributed by atoms with Crippen molar-refractivity contribution in [1.82, 2.24) is 0 Å². The van der Waals surface area contributed by atoms with E-state index in [9.17, 15) is 0 Å². The molecule has 0 unspecified atom stereocenters. The van der Waals surface area contributed by atoms with Crippen molar-refractivity contribution in [2.24, 2.45) is 0 Å². The fourth-order valence-corrected chi connectivity index (χ4v) is 1.90. The Labute approximate surface area is 82.0 Å². The van der Waals surface area contributed by atoms with Crippen molar-refractivity contribution in [2.75, 3.05) is 0 Å². The molecular weight excluding hydrogens is 156 g/mol. The third kappa shape index (κ3) is 2.12. The van der Waals surface area contributed by atoms with Gasteiger partial charge in [-0.3, -0.25) is 0 Å². The van der Waals surface area contributed by atoms with Gasteiger partial charge in [0.1, 0.15) is 0 Å². The standard InChI is InChI=1S/C13H20/c1-6-12-7-11(5)13(9(2)3)8-10(12)4/h7-9H,6H2,1-5H3. The first-order valence-electron chi connectivity index (χ1n) is 5.16. The van der Waals surface area contributed by atoms with Crippen LogP contribution in [0.15, 0.2) is 12.1 Å². The summed E-state index contributed by atoms with van der Waals surface area (Å²) in [4.78, 5) is 0. The van der Waals surface area contributed by atoms with Crippen LogP contribution in [0.1, 0.15) is 48.9 Å². The molecule has 0 fully saturated rings. The molecule has 0 bridgehead atoms. The van der Waals surface area contributed by atoms with E-state index in [1.54, 1.807) is 0 Å². The van der Waals surface area contributed by atoms with Gasteiger partial charge in [-0.15, -0.1) is 0 Å². The molecule has 0 aliphatic rings. The summed E-state index contributed by atoms with van der Waals surface area (Å²) < 4.78 is 0. The molecule has 1 aromatic carbocycles. The molecule has 0 spiro atoms. The SMILES string of the molecule is CCc1cc(C)c(C(C)C)cc1C. The molecule has 0 N–H and O–H groups in total. The van der Waals surface area contributed by atoms with Crippen molar-refractivity contribution < 1.29 is 0 Å². The second kappa shape index (κ2) is 3.95. The van der Waals surface area contributed by atoms with Crippen molar-refractivity contribution in [3.05, 3.63) is 34.4 Å². The maximum Gasteiger partial charge on any atom is -0.0216 e. The molecule has 0 amide bonds. The normalized spacial score (nSPS) is 10.9. The van der Waals surface area contributed by atoms with Crippen LogP contribution >= 0.6 is 0 Å². The van der Waals surface area contributed by atoms with Crippen LogP contribution in [0, 0.1) is 13.8 Å². The van der Waals surface area contributed by atoms with Crippen LogP contribution in [0.25, 0.3) is 0 Å². The van der Waals surface area contributed by atoms with Crippen LogP contribution in [0.4, 0.5) is 0 Å². The Bertz CT molecular complexity index is 295. The van der Waals surface area contributed by atoms with Crippen LogP contribution in [-0.2, 0) is 6.42 Å². The van der Waals surface area contributed by atoms with Gasteiger partial charge in [-0.25, -0.2) is 0 Å². The molecule has 0 saturated carbocycles. The smallest absolute Gasteiger partial charge is 0.0216 e. The van der Waals surface area contributed by atoms with E-state index in [1.807, 2.05) is 0 Å². The summed E-state index contributed by atoms with van der Waals surface area (Å²) in [6.07, 6.45) is 1.14. The molecule has 0 heterocycles. The molecule has 1 rings (SSSR count). The van der Waals surface area contributed by atoms with E-state index in [2.05, 4.69) is 46.8 Å². The minimum atomic E-state index is 0.643. The summed E-state index contributed by atoms with van der Waals surface area (Å²) >= 11 is 0. The monoisotopic (exact) mass is 176 g/mol. The number of hydrogen-bond donors (Lipinski definition) is 0. The van der Waals surface area contributed by atoms with E-state index in [-0.39, 0.29) is 0 Å². The average Bonchev–Trinajstić information content (AvgIpc) is 2.07. The van der Waals surface area contributed by atoms with E-state index in [0.717, 1.165) is 6.42 Å². The Morgan fingerprint density at radius 3 is 2.15 bits per heavy atom. The maximum absolute atomic E-state index is 2.35. The van der Waals surface area contributed by atoms with Gasteiger partial charge in [0.25, 0.3) is 0 Å². The van der Waals surface area contributed by atoms with E-state index in [0.29, 0.717) is 5.92 Å². The van der Waals surface area contributed by atoms with E-state index in [4.69, 9.17) is 0 Å². The summed E-state index contributed by atoms with van der Waals surface area (Å²) in [6.45, 7) is 11.2. The highest BCUT2D eigenvalue weighted by Crippen LogP contribution is 2.23.